The third-order valence-corrected chi connectivity index (χ3v) is 4.25. The van der Waals surface area contributed by atoms with Gasteiger partial charge in [-0.3, -0.25) is 4.79 Å². The van der Waals surface area contributed by atoms with Crippen molar-refractivity contribution in [3.63, 3.8) is 0 Å². The van der Waals surface area contributed by atoms with E-state index in [4.69, 9.17) is 14.2 Å². The van der Waals surface area contributed by atoms with Crippen LogP contribution in [0.3, 0.4) is 0 Å². The van der Waals surface area contributed by atoms with Crippen LogP contribution in [0.15, 0.2) is 30.3 Å². The molecule has 0 atom stereocenters. The predicted octanol–water partition coefficient (Wildman–Crippen LogP) is 2.65. The second-order valence-corrected chi connectivity index (χ2v) is 5.71. The van der Waals surface area contributed by atoms with Gasteiger partial charge < -0.3 is 19.5 Å². The van der Waals surface area contributed by atoms with E-state index in [1.54, 1.807) is 51.7 Å². The van der Waals surface area contributed by atoms with Crippen molar-refractivity contribution in [3.05, 3.63) is 41.5 Å². The molecular formula is C17H17N3O4S. The molecule has 0 aliphatic heterocycles. The van der Waals surface area contributed by atoms with Crippen LogP contribution < -0.4 is 19.5 Å². The maximum Gasteiger partial charge on any atom is 0.251 e. The lowest BCUT2D eigenvalue weighted by molar-refractivity contribution is 0.0951. The Bertz CT molecular complexity index is 885. The highest BCUT2D eigenvalue weighted by Gasteiger charge is 2.14. The van der Waals surface area contributed by atoms with Crippen LogP contribution in [-0.2, 0) is 6.54 Å². The summed E-state index contributed by atoms with van der Waals surface area (Å²) in [5.41, 5.74) is 2.86. The molecule has 1 aromatic heterocycles. The van der Waals surface area contributed by atoms with Crippen LogP contribution >= 0.6 is 11.7 Å². The van der Waals surface area contributed by atoms with E-state index in [1.807, 2.05) is 0 Å². The van der Waals surface area contributed by atoms with Gasteiger partial charge in [0.1, 0.15) is 11.0 Å². The molecule has 3 aromatic rings. The molecule has 8 heteroatoms. The van der Waals surface area contributed by atoms with Crippen molar-refractivity contribution in [3.8, 4) is 17.2 Å². The Balaban J connectivity index is 1.77. The molecule has 2 aromatic carbocycles. The predicted molar refractivity (Wildman–Crippen MR) is 94.7 cm³/mol. The van der Waals surface area contributed by atoms with E-state index in [0.717, 1.165) is 22.8 Å². The maximum absolute atomic E-state index is 12.4. The van der Waals surface area contributed by atoms with Crippen molar-refractivity contribution in [1.82, 2.24) is 14.1 Å². The molecule has 0 unspecified atom stereocenters. The smallest absolute Gasteiger partial charge is 0.251 e. The van der Waals surface area contributed by atoms with Crippen molar-refractivity contribution < 1.29 is 19.0 Å². The summed E-state index contributed by atoms with van der Waals surface area (Å²) in [4.78, 5) is 12.4. The summed E-state index contributed by atoms with van der Waals surface area (Å²) in [7, 11) is 4.65. The van der Waals surface area contributed by atoms with Crippen LogP contribution in [0.1, 0.15) is 15.9 Å². The molecule has 0 saturated heterocycles. The van der Waals surface area contributed by atoms with Crippen LogP contribution in [0.5, 0.6) is 17.2 Å². The number of nitrogens with zero attached hydrogens (tertiary/aromatic N) is 2. The van der Waals surface area contributed by atoms with Gasteiger partial charge in [0.15, 0.2) is 11.5 Å². The molecule has 1 amide bonds. The molecule has 7 nitrogen and oxygen atoms in total. The van der Waals surface area contributed by atoms with Gasteiger partial charge in [0.2, 0.25) is 5.75 Å². The number of ether oxygens (including phenoxy) is 3. The van der Waals surface area contributed by atoms with Crippen molar-refractivity contribution >= 4 is 28.7 Å². The summed E-state index contributed by atoms with van der Waals surface area (Å²) in [6.07, 6.45) is 0. The van der Waals surface area contributed by atoms with Gasteiger partial charge in [0.25, 0.3) is 5.91 Å². The molecule has 0 spiro atoms. The van der Waals surface area contributed by atoms with Crippen molar-refractivity contribution in [2.75, 3.05) is 21.3 Å². The molecule has 1 heterocycles. The number of aromatic nitrogens is 2. The minimum Gasteiger partial charge on any atom is -0.493 e. The molecule has 130 valence electrons. The summed E-state index contributed by atoms with van der Waals surface area (Å²) >= 11 is 1.12. The molecule has 1 N–H and O–H groups in total. The number of benzene rings is 2. The molecular weight excluding hydrogens is 342 g/mol. The van der Waals surface area contributed by atoms with E-state index in [0.29, 0.717) is 34.9 Å². The fourth-order valence-electron chi connectivity index (χ4n) is 2.45. The molecule has 0 saturated carbocycles. The van der Waals surface area contributed by atoms with Crippen molar-refractivity contribution in [1.29, 1.82) is 0 Å². The fourth-order valence-corrected chi connectivity index (χ4v) is 2.96. The quantitative estimate of drug-likeness (QED) is 0.729. The Morgan fingerprint density at radius 3 is 2.32 bits per heavy atom. The lowest BCUT2D eigenvalue weighted by Gasteiger charge is -2.14. The molecule has 0 radical (unpaired) electrons. The zero-order valence-electron chi connectivity index (χ0n) is 14.0. The Kier molecular flexibility index (Phi) is 4.99. The molecule has 0 aliphatic rings. The van der Waals surface area contributed by atoms with Gasteiger partial charge in [-0.05, 0) is 35.9 Å². The average molecular weight is 359 g/mol. The standard InChI is InChI=1S/C17H17N3O4S/c1-22-14-6-10(7-15(23-2)16(14)24-3)9-18-17(21)11-4-5-12-13(8-11)20-25-19-12/h4-8H,9H2,1-3H3,(H,18,21). The molecule has 0 aliphatic carbocycles. The Morgan fingerprint density at radius 2 is 1.68 bits per heavy atom. The van der Waals surface area contributed by atoms with Gasteiger partial charge in [-0.1, -0.05) is 0 Å². The topological polar surface area (TPSA) is 82.6 Å². The van der Waals surface area contributed by atoms with Crippen LogP contribution in [0.4, 0.5) is 0 Å². The maximum atomic E-state index is 12.4. The second kappa shape index (κ2) is 7.35. The van der Waals surface area contributed by atoms with E-state index in [1.165, 1.54) is 0 Å². The number of rotatable bonds is 6. The van der Waals surface area contributed by atoms with Gasteiger partial charge in [0.05, 0.1) is 33.1 Å². The first-order chi connectivity index (χ1) is 12.2. The highest BCUT2D eigenvalue weighted by atomic mass is 32.1. The number of nitrogens with one attached hydrogen (secondary N) is 1. The monoisotopic (exact) mass is 359 g/mol. The summed E-state index contributed by atoms with van der Waals surface area (Å²) in [6.45, 7) is 0.322. The van der Waals surface area contributed by atoms with Gasteiger partial charge in [0, 0.05) is 12.1 Å². The van der Waals surface area contributed by atoms with E-state index < -0.39 is 0 Å². The average Bonchev–Trinajstić information content (AvgIpc) is 3.12. The van der Waals surface area contributed by atoms with Gasteiger partial charge >= 0.3 is 0 Å². The number of hydrogen-bond acceptors (Lipinski definition) is 7. The third-order valence-electron chi connectivity index (χ3n) is 3.69. The first-order valence-electron chi connectivity index (χ1n) is 7.45. The Morgan fingerprint density at radius 1 is 1.00 bits per heavy atom. The van der Waals surface area contributed by atoms with Crippen molar-refractivity contribution in [2.45, 2.75) is 6.54 Å². The van der Waals surface area contributed by atoms with Crippen LogP contribution in [0.2, 0.25) is 0 Å². The highest BCUT2D eigenvalue weighted by Crippen LogP contribution is 2.38. The number of fused-ring (bicyclic) bond motifs is 1. The largest absolute Gasteiger partial charge is 0.493 e. The van der Waals surface area contributed by atoms with Crippen LogP contribution in [0, 0.1) is 0 Å². The number of carbonyl (C=O) groups excluding carboxylic acids is 1. The van der Waals surface area contributed by atoms with Gasteiger partial charge in [-0.15, -0.1) is 0 Å². The van der Waals surface area contributed by atoms with E-state index in [-0.39, 0.29) is 5.91 Å². The fraction of sp³-hybridized carbons (Fsp3) is 0.235. The normalized spacial score (nSPS) is 10.5. The Hall–Kier alpha value is -2.87. The lowest BCUT2D eigenvalue weighted by Crippen LogP contribution is -2.22. The van der Waals surface area contributed by atoms with E-state index >= 15 is 0 Å². The van der Waals surface area contributed by atoms with E-state index in [9.17, 15) is 4.79 Å². The highest BCUT2D eigenvalue weighted by molar-refractivity contribution is 7.00. The number of amides is 1. The Labute approximate surface area is 148 Å². The summed E-state index contributed by atoms with van der Waals surface area (Å²) in [6, 6.07) is 8.84. The molecule has 25 heavy (non-hydrogen) atoms. The zero-order chi connectivity index (χ0) is 17.8. The lowest BCUT2D eigenvalue weighted by atomic mass is 10.1. The number of methoxy groups -OCH3 is 3. The van der Waals surface area contributed by atoms with Crippen LogP contribution in [-0.4, -0.2) is 36.0 Å². The van der Waals surface area contributed by atoms with Crippen LogP contribution in [0.25, 0.3) is 11.0 Å². The zero-order valence-corrected chi connectivity index (χ0v) is 14.8. The van der Waals surface area contributed by atoms with Crippen molar-refractivity contribution in [2.24, 2.45) is 0 Å². The summed E-state index contributed by atoms with van der Waals surface area (Å²) in [5.74, 6) is 1.41. The third kappa shape index (κ3) is 3.48. The first kappa shape index (κ1) is 17.0. The minimum atomic E-state index is -0.191. The number of hydrogen-bond donors (Lipinski definition) is 1. The minimum absolute atomic E-state index is 0.191. The first-order valence-corrected chi connectivity index (χ1v) is 8.18. The SMILES string of the molecule is COc1cc(CNC(=O)c2ccc3nsnc3c2)cc(OC)c1OC. The molecule has 0 fully saturated rings. The van der Waals surface area contributed by atoms with Gasteiger partial charge in [-0.2, -0.15) is 8.75 Å². The summed E-state index contributed by atoms with van der Waals surface area (Å²) in [5, 5.41) is 2.88. The summed E-state index contributed by atoms with van der Waals surface area (Å²) < 4.78 is 24.2. The molecule has 3 rings (SSSR count). The van der Waals surface area contributed by atoms with Gasteiger partial charge in [-0.25, -0.2) is 0 Å². The van der Waals surface area contributed by atoms with E-state index in [2.05, 4.69) is 14.1 Å². The molecule has 0 bridgehead atoms. The number of carbonyl (C=O) groups is 1. The second-order valence-electron chi connectivity index (χ2n) is 5.18.